The van der Waals surface area contributed by atoms with E-state index in [2.05, 4.69) is 37.8 Å². The smallest absolute Gasteiger partial charge is 0.226 e. The Morgan fingerprint density at radius 3 is 2.56 bits per heavy atom. The molecule has 0 amide bonds. The van der Waals surface area contributed by atoms with Crippen molar-refractivity contribution in [3.8, 4) is 0 Å². The van der Waals surface area contributed by atoms with Crippen LogP contribution >= 0.6 is 11.8 Å². The fourth-order valence-electron chi connectivity index (χ4n) is 1.85. The molecule has 0 saturated carbocycles. The van der Waals surface area contributed by atoms with E-state index in [1.165, 1.54) is 0 Å². The van der Waals surface area contributed by atoms with Crippen molar-refractivity contribution in [2.45, 2.75) is 51.5 Å². The summed E-state index contributed by atoms with van der Waals surface area (Å²) < 4.78 is 5.28. The van der Waals surface area contributed by atoms with Crippen LogP contribution in [0.4, 0.5) is 0 Å². The Bertz CT molecular complexity index is 339. The molecule has 1 unspecified atom stereocenters. The number of hydrogen-bond acceptors (Lipinski definition) is 5. The van der Waals surface area contributed by atoms with Crippen LogP contribution in [0, 0.1) is 11.8 Å². The summed E-state index contributed by atoms with van der Waals surface area (Å²) in [6.45, 7) is 9.43. The van der Waals surface area contributed by atoms with Crippen LogP contribution in [0.2, 0.25) is 0 Å². The SMILES string of the molecule is CC(C)CC(CN)Cc1nc(CSC(C)C)no1. The van der Waals surface area contributed by atoms with E-state index in [-0.39, 0.29) is 0 Å². The third kappa shape index (κ3) is 5.87. The molecule has 0 aliphatic heterocycles. The summed E-state index contributed by atoms with van der Waals surface area (Å²) in [5, 5.41) is 4.59. The van der Waals surface area contributed by atoms with Gasteiger partial charge in [0.2, 0.25) is 5.89 Å². The molecule has 1 atom stereocenters. The molecule has 0 aliphatic rings. The maximum atomic E-state index is 5.78. The molecule has 0 aromatic carbocycles. The third-order valence-corrected chi connectivity index (χ3v) is 3.75. The van der Waals surface area contributed by atoms with Gasteiger partial charge in [0.1, 0.15) is 0 Å². The average Bonchev–Trinajstić information content (AvgIpc) is 2.72. The van der Waals surface area contributed by atoms with Crippen LogP contribution in [0.3, 0.4) is 0 Å². The minimum absolute atomic E-state index is 0.441. The Morgan fingerprint density at radius 1 is 1.28 bits per heavy atom. The van der Waals surface area contributed by atoms with E-state index in [9.17, 15) is 0 Å². The minimum atomic E-state index is 0.441. The van der Waals surface area contributed by atoms with Crippen LogP contribution < -0.4 is 5.73 Å². The summed E-state index contributed by atoms with van der Waals surface area (Å²) in [4.78, 5) is 4.42. The van der Waals surface area contributed by atoms with Gasteiger partial charge < -0.3 is 10.3 Å². The van der Waals surface area contributed by atoms with Crippen LogP contribution in [0.15, 0.2) is 4.52 Å². The predicted molar refractivity (Wildman–Crippen MR) is 76.4 cm³/mol. The van der Waals surface area contributed by atoms with Crippen LogP contribution in [-0.4, -0.2) is 21.9 Å². The zero-order chi connectivity index (χ0) is 13.5. The second-order valence-corrected chi connectivity index (χ2v) is 6.96. The summed E-state index contributed by atoms with van der Waals surface area (Å²) in [6.07, 6.45) is 1.91. The Balaban J connectivity index is 2.46. The quantitative estimate of drug-likeness (QED) is 0.787. The molecule has 0 radical (unpaired) electrons. The number of hydrogen-bond donors (Lipinski definition) is 1. The zero-order valence-corrected chi connectivity index (χ0v) is 12.7. The van der Waals surface area contributed by atoms with Crippen molar-refractivity contribution in [2.24, 2.45) is 17.6 Å². The van der Waals surface area contributed by atoms with Gasteiger partial charge in [-0.2, -0.15) is 16.7 Å². The summed E-state index contributed by atoms with van der Waals surface area (Å²) >= 11 is 1.82. The predicted octanol–water partition coefficient (Wildman–Crippen LogP) is 2.87. The second-order valence-electron chi connectivity index (χ2n) is 5.40. The van der Waals surface area contributed by atoms with Gasteiger partial charge in [-0.15, -0.1) is 0 Å². The zero-order valence-electron chi connectivity index (χ0n) is 11.8. The number of nitrogens with two attached hydrogens (primary N) is 1. The van der Waals surface area contributed by atoms with Gasteiger partial charge >= 0.3 is 0 Å². The molecular weight excluding hydrogens is 246 g/mol. The van der Waals surface area contributed by atoms with E-state index in [0.29, 0.717) is 23.6 Å². The highest BCUT2D eigenvalue weighted by Crippen LogP contribution is 2.18. The van der Waals surface area contributed by atoms with E-state index in [4.69, 9.17) is 10.3 Å². The first-order valence-electron chi connectivity index (χ1n) is 6.64. The van der Waals surface area contributed by atoms with Gasteiger partial charge in [-0.3, -0.25) is 0 Å². The molecule has 18 heavy (non-hydrogen) atoms. The van der Waals surface area contributed by atoms with Gasteiger partial charge in [0.15, 0.2) is 5.82 Å². The highest BCUT2D eigenvalue weighted by atomic mass is 32.2. The molecule has 1 aromatic heterocycles. The molecule has 5 heteroatoms. The topological polar surface area (TPSA) is 64.9 Å². The molecule has 4 nitrogen and oxygen atoms in total. The molecule has 1 rings (SSSR count). The highest BCUT2D eigenvalue weighted by Gasteiger charge is 2.15. The number of aromatic nitrogens is 2. The fraction of sp³-hybridized carbons (Fsp3) is 0.846. The van der Waals surface area contributed by atoms with Crippen molar-refractivity contribution in [2.75, 3.05) is 6.54 Å². The average molecular weight is 271 g/mol. The van der Waals surface area contributed by atoms with Crippen molar-refractivity contribution >= 4 is 11.8 Å². The first-order valence-corrected chi connectivity index (χ1v) is 7.69. The summed E-state index contributed by atoms with van der Waals surface area (Å²) in [6, 6.07) is 0. The molecule has 104 valence electrons. The van der Waals surface area contributed by atoms with Gasteiger partial charge in [-0.1, -0.05) is 32.9 Å². The van der Waals surface area contributed by atoms with E-state index in [1.807, 2.05) is 11.8 Å². The van der Waals surface area contributed by atoms with E-state index < -0.39 is 0 Å². The molecule has 0 aliphatic carbocycles. The number of thioether (sulfide) groups is 1. The van der Waals surface area contributed by atoms with Crippen molar-refractivity contribution in [1.29, 1.82) is 0 Å². The summed E-state index contributed by atoms with van der Waals surface area (Å²) in [5.74, 6) is 3.43. The van der Waals surface area contributed by atoms with Crippen molar-refractivity contribution < 1.29 is 4.52 Å². The standard InChI is InChI=1S/C13H25N3OS/c1-9(2)5-11(7-14)6-13-15-12(16-17-13)8-18-10(3)4/h9-11H,5-8,14H2,1-4H3. The molecule has 0 spiro atoms. The lowest BCUT2D eigenvalue weighted by molar-refractivity contribution is 0.330. The van der Waals surface area contributed by atoms with E-state index >= 15 is 0 Å². The lowest BCUT2D eigenvalue weighted by Gasteiger charge is -2.14. The molecule has 0 saturated heterocycles. The first kappa shape index (κ1) is 15.5. The Hall–Kier alpha value is -0.550. The van der Waals surface area contributed by atoms with Crippen LogP contribution in [0.5, 0.6) is 0 Å². The van der Waals surface area contributed by atoms with Gasteiger partial charge in [-0.05, 0) is 30.1 Å². The minimum Gasteiger partial charge on any atom is -0.339 e. The third-order valence-electron chi connectivity index (χ3n) is 2.66. The first-order chi connectivity index (χ1) is 8.51. The monoisotopic (exact) mass is 271 g/mol. The largest absolute Gasteiger partial charge is 0.339 e. The highest BCUT2D eigenvalue weighted by molar-refractivity contribution is 7.99. The van der Waals surface area contributed by atoms with Crippen molar-refractivity contribution in [3.63, 3.8) is 0 Å². The fourth-order valence-corrected chi connectivity index (χ4v) is 2.45. The van der Waals surface area contributed by atoms with Crippen molar-refractivity contribution in [1.82, 2.24) is 10.1 Å². The van der Waals surface area contributed by atoms with Gasteiger partial charge in [-0.25, -0.2) is 0 Å². The van der Waals surface area contributed by atoms with Crippen molar-refractivity contribution in [3.05, 3.63) is 11.7 Å². The van der Waals surface area contributed by atoms with Crippen LogP contribution in [-0.2, 0) is 12.2 Å². The van der Waals surface area contributed by atoms with Gasteiger partial charge in [0.25, 0.3) is 0 Å². The summed E-state index contributed by atoms with van der Waals surface area (Å²) in [7, 11) is 0. The van der Waals surface area contributed by atoms with E-state index in [1.54, 1.807) is 0 Å². The summed E-state index contributed by atoms with van der Waals surface area (Å²) in [5.41, 5.74) is 5.78. The Morgan fingerprint density at radius 2 is 2.00 bits per heavy atom. The van der Waals surface area contributed by atoms with Crippen LogP contribution in [0.25, 0.3) is 0 Å². The maximum absolute atomic E-state index is 5.78. The van der Waals surface area contributed by atoms with E-state index in [0.717, 1.165) is 30.3 Å². The molecule has 1 aromatic rings. The van der Waals surface area contributed by atoms with Gasteiger partial charge in [0, 0.05) is 6.42 Å². The molecule has 0 bridgehead atoms. The lowest BCUT2D eigenvalue weighted by Crippen LogP contribution is -2.19. The molecule has 2 N–H and O–H groups in total. The molecular formula is C13H25N3OS. The Labute approximate surface area is 114 Å². The Kier molecular flexibility index (Phi) is 6.71. The van der Waals surface area contributed by atoms with Gasteiger partial charge in [0.05, 0.1) is 5.75 Å². The molecule has 1 heterocycles. The lowest BCUT2D eigenvalue weighted by atomic mass is 9.94. The normalized spacial score (nSPS) is 13.5. The number of rotatable bonds is 8. The van der Waals surface area contributed by atoms with Crippen LogP contribution in [0.1, 0.15) is 45.8 Å². The molecule has 0 fully saturated rings. The number of nitrogens with zero attached hydrogens (tertiary/aromatic N) is 2. The maximum Gasteiger partial charge on any atom is 0.226 e. The second kappa shape index (κ2) is 7.79.